The van der Waals surface area contributed by atoms with E-state index in [9.17, 15) is 9.59 Å². The fourth-order valence-corrected chi connectivity index (χ4v) is 2.28. The van der Waals surface area contributed by atoms with Crippen molar-refractivity contribution in [3.05, 3.63) is 77.6 Å². The first-order chi connectivity index (χ1) is 13.6. The molecule has 138 valence electrons. The average molecular weight is 373 g/mol. The number of carbonyl (C=O) groups is 2. The fraction of sp³-hybridized carbons (Fsp3) is 0.0500. The Balaban J connectivity index is 1.63. The van der Waals surface area contributed by atoms with Crippen LogP contribution in [0.2, 0.25) is 0 Å². The smallest absolute Gasteiger partial charge is 0.337 e. The molecule has 28 heavy (non-hydrogen) atoms. The second-order valence-corrected chi connectivity index (χ2v) is 5.63. The summed E-state index contributed by atoms with van der Waals surface area (Å²) in [5.74, 6) is -0.504. The molecular formula is C20H15N5O3. The molecule has 0 saturated carbocycles. The number of hydrogen-bond donors (Lipinski definition) is 2. The molecule has 3 rings (SSSR count). The van der Waals surface area contributed by atoms with Crippen LogP contribution >= 0.6 is 0 Å². The van der Waals surface area contributed by atoms with E-state index in [0.717, 1.165) is 5.69 Å². The van der Waals surface area contributed by atoms with Gasteiger partial charge in [0.25, 0.3) is 5.91 Å². The molecule has 0 aliphatic rings. The van der Waals surface area contributed by atoms with E-state index in [1.807, 2.05) is 6.07 Å². The quantitative estimate of drug-likeness (QED) is 0.660. The summed E-state index contributed by atoms with van der Waals surface area (Å²) < 4.78 is 4.63. The molecule has 8 heteroatoms. The van der Waals surface area contributed by atoms with Crippen LogP contribution in [0.5, 0.6) is 0 Å². The maximum Gasteiger partial charge on any atom is 0.337 e. The molecule has 2 aromatic carbocycles. The molecule has 2 N–H and O–H groups in total. The van der Waals surface area contributed by atoms with Crippen LogP contribution in [0.3, 0.4) is 0 Å². The average Bonchev–Trinajstić information content (AvgIpc) is 2.74. The zero-order chi connectivity index (χ0) is 19.9. The largest absolute Gasteiger partial charge is 0.465 e. The Morgan fingerprint density at radius 1 is 0.929 bits per heavy atom. The SMILES string of the molecule is COC(=O)c1ccc(NC(=O)c2cnc(Nc3ccc(C#N)cc3)nc2)cc1. The van der Waals surface area contributed by atoms with Crippen LogP contribution in [-0.4, -0.2) is 29.0 Å². The van der Waals surface area contributed by atoms with E-state index < -0.39 is 5.97 Å². The van der Waals surface area contributed by atoms with Crippen LogP contribution in [0.15, 0.2) is 60.9 Å². The van der Waals surface area contributed by atoms with E-state index >= 15 is 0 Å². The Bertz CT molecular complexity index is 1020. The molecule has 1 amide bonds. The molecule has 0 radical (unpaired) electrons. The summed E-state index contributed by atoms with van der Waals surface area (Å²) in [6.45, 7) is 0. The molecule has 0 atom stereocenters. The Kier molecular flexibility index (Phi) is 5.58. The van der Waals surface area contributed by atoms with Gasteiger partial charge >= 0.3 is 5.97 Å². The van der Waals surface area contributed by atoms with Gasteiger partial charge in [-0.05, 0) is 48.5 Å². The van der Waals surface area contributed by atoms with Gasteiger partial charge in [0.05, 0.1) is 29.9 Å². The molecule has 0 aliphatic carbocycles. The van der Waals surface area contributed by atoms with Crippen molar-refractivity contribution in [2.24, 2.45) is 0 Å². The molecular weight excluding hydrogens is 358 g/mol. The standard InChI is InChI=1S/C20H15N5O3/c1-28-19(27)14-4-8-16(9-5-14)24-18(26)15-11-22-20(23-12-15)25-17-6-2-13(10-21)3-7-17/h2-9,11-12H,1H3,(H,24,26)(H,22,23,25). The van der Waals surface area contributed by atoms with E-state index in [0.29, 0.717) is 22.8 Å². The molecule has 3 aromatic rings. The first kappa shape index (κ1) is 18.5. The highest BCUT2D eigenvalue weighted by atomic mass is 16.5. The Morgan fingerprint density at radius 3 is 2.11 bits per heavy atom. The van der Waals surface area contributed by atoms with Crippen molar-refractivity contribution in [3.63, 3.8) is 0 Å². The van der Waals surface area contributed by atoms with Gasteiger partial charge in [-0.15, -0.1) is 0 Å². The van der Waals surface area contributed by atoms with E-state index in [4.69, 9.17) is 5.26 Å². The highest BCUT2D eigenvalue weighted by Gasteiger charge is 2.09. The molecule has 0 fully saturated rings. The number of hydrogen-bond acceptors (Lipinski definition) is 7. The Labute approximate surface area is 160 Å². The van der Waals surface area contributed by atoms with Crippen molar-refractivity contribution in [2.45, 2.75) is 0 Å². The van der Waals surface area contributed by atoms with Gasteiger partial charge in [0, 0.05) is 23.8 Å². The maximum absolute atomic E-state index is 12.3. The molecule has 0 aliphatic heterocycles. The molecule has 1 heterocycles. The number of nitrogens with one attached hydrogen (secondary N) is 2. The van der Waals surface area contributed by atoms with Gasteiger partial charge in [-0.1, -0.05) is 0 Å². The highest BCUT2D eigenvalue weighted by molar-refractivity contribution is 6.04. The summed E-state index contributed by atoms with van der Waals surface area (Å²) in [6, 6.07) is 15.2. The Hall–Kier alpha value is -4.25. The number of benzene rings is 2. The second-order valence-electron chi connectivity index (χ2n) is 5.63. The third kappa shape index (κ3) is 4.47. The van der Waals surface area contributed by atoms with E-state index in [-0.39, 0.29) is 11.5 Å². The third-order valence-corrected chi connectivity index (χ3v) is 3.75. The number of esters is 1. The molecule has 0 spiro atoms. The second kappa shape index (κ2) is 8.42. The van der Waals surface area contributed by atoms with Crippen molar-refractivity contribution in [1.82, 2.24) is 9.97 Å². The number of nitriles is 1. The normalized spacial score (nSPS) is 9.86. The van der Waals surface area contributed by atoms with Crippen LogP contribution in [-0.2, 0) is 4.74 Å². The van der Waals surface area contributed by atoms with Crippen LogP contribution in [0.25, 0.3) is 0 Å². The van der Waals surface area contributed by atoms with Crippen LogP contribution < -0.4 is 10.6 Å². The number of nitrogens with zero attached hydrogens (tertiary/aromatic N) is 3. The Morgan fingerprint density at radius 2 is 1.54 bits per heavy atom. The number of ether oxygens (including phenoxy) is 1. The number of rotatable bonds is 5. The molecule has 8 nitrogen and oxygen atoms in total. The fourth-order valence-electron chi connectivity index (χ4n) is 2.28. The minimum atomic E-state index is -0.448. The lowest BCUT2D eigenvalue weighted by molar-refractivity contribution is 0.0600. The van der Waals surface area contributed by atoms with Crippen molar-refractivity contribution >= 4 is 29.2 Å². The monoisotopic (exact) mass is 373 g/mol. The maximum atomic E-state index is 12.3. The van der Waals surface area contributed by atoms with Crippen LogP contribution in [0.1, 0.15) is 26.3 Å². The van der Waals surface area contributed by atoms with Gasteiger partial charge in [0.15, 0.2) is 0 Å². The van der Waals surface area contributed by atoms with Gasteiger partial charge in [-0.3, -0.25) is 4.79 Å². The van der Waals surface area contributed by atoms with Crippen molar-refractivity contribution in [1.29, 1.82) is 5.26 Å². The zero-order valence-electron chi connectivity index (χ0n) is 14.8. The van der Waals surface area contributed by atoms with E-state index in [1.54, 1.807) is 48.5 Å². The van der Waals surface area contributed by atoms with Crippen LogP contribution in [0, 0.1) is 11.3 Å². The van der Waals surface area contributed by atoms with Crippen molar-refractivity contribution in [3.8, 4) is 6.07 Å². The van der Waals surface area contributed by atoms with Crippen molar-refractivity contribution in [2.75, 3.05) is 17.7 Å². The number of methoxy groups -OCH3 is 1. The van der Waals surface area contributed by atoms with E-state index in [2.05, 4.69) is 25.3 Å². The predicted octanol–water partition coefficient (Wildman–Crippen LogP) is 3.13. The summed E-state index contributed by atoms with van der Waals surface area (Å²) in [5, 5.41) is 14.5. The number of aromatic nitrogens is 2. The molecule has 0 saturated heterocycles. The lowest BCUT2D eigenvalue weighted by atomic mass is 10.2. The van der Waals surface area contributed by atoms with E-state index in [1.165, 1.54) is 19.5 Å². The molecule has 0 bridgehead atoms. The lowest BCUT2D eigenvalue weighted by Crippen LogP contribution is -2.13. The highest BCUT2D eigenvalue weighted by Crippen LogP contribution is 2.15. The number of amides is 1. The van der Waals surface area contributed by atoms with Gasteiger partial charge in [-0.25, -0.2) is 14.8 Å². The van der Waals surface area contributed by atoms with Crippen molar-refractivity contribution < 1.29 is 14.3 Å². The first-order valence-corrected chi connectivity index (χ1v) is 8.18. The van der Waals surface area contributed by atoms with Gasteiger partial charge in [-0.2, -0.15) is 5.26 Å². The third-order valence-electron chi connectivity index (χ3n) is 3.75. The van der Waals surface area contributed by atoms with Gasteiger partial charge in [0.2, 0.25) is 5.95 Å². The van der Waals surface area contributed by atoms with Crippen LogP contribution in [0.4, 0.5) is 17.3 Å². The predicted molar refractivity (Wildman–Crippen MR) is 102 cm³/mol. The summed E-state index contributed by atoms with van der Waals surface area (Å²) in [6.07, 6.45) is 2.80. The summed E-state index contributed by atoms with van der Waals surface area (Å²) >= 11 is 0. The summed E-state index contributed by atoms with van der Waals surface area (Å²) in [7, 11) is 1.30. The first-order valence-electron chi connectivity index (χ1n) is 8.18. The zero-order valence-corrected chi connectivity index (χ0v) is 14.8. The van der Waals surface area contributed by atoms with Gasteiger partial charge in [0.1, 0.15) is 0 Å². The molecule has 1 aromatic heterocycles. The minimum Gasteiger partial charge on any atom is -0.465 e. The lowest BCUT2D eigenvalue weighted by Gasteiger charge is -2.07. The van der Waals surface area contributed by atoms with Gasteiger partial charge < -0.3 is 15.4 Å². The summed E-state index contributed by atoms with van der Waals surface area (Å²) in [4.78, 5) is 31.9. The molecule has 0 unspecified atom stereocenters. The number of carbonyl (C=O) groups excluding carboxylic acids is 2. The number of anilines is 3. The topological polar surface area (TPSA) is 117 Å². The minimum absolute atomic E-state index is 0.280. The summed E-state index contributed by atoms with van der Waals surface area (Å²) in [5.41, 5.74) is 2.47.